The van der Waals surface area contributed by atoms with Gasteiger partial charge < -0.3 is 10.1 Å². The van der Waals surface area contributed by atoms with Gasteiger partial charge in [0.25, 0.3) is 5.91 Å². The molecule has 1 aromatic carbocycles. The van der Waals surface area contributed by atoms with E-state index in [0.717, 1.165) is 17.0 Å². The Morgan fingerprint density at radius 1 is 1.45 bits per heavy atom. The number of carbonyl (C=O) groups is 1. The van der Waals surface area contributed by atoms with E-state index < -0.39 is 0 Å². The summed E-state index contributed by atoms with van der Waals surface area (Å²) in [5.41, 5.74) is 2.21. The van der Waals surface area contributed by atoms with E-state index in [9.17, 15) is 4.79 Å². The van der Waals surface area contributed by atoms with Crippen LogP contribution in [0.2, 0.25) is 5.02 Å². The zero-order valence-corrected chi connectivity index (χ0v) is 11.5. The van der Waals surface area contributed by atoms with Crippen LogP contribution in [0.4, 0.5) is 5.82 Å². The molecule has 0 saturated heterocycles. The standard InChI is InChI=1S/C14H12ClN3O2/c1-8-4-13(18-17-8)16-14(19)10-5-9-6-11(15)2-3-12(9)20-7-10/h2-6H,7H2,1H3,(H2,16,17,18,19). The lowest BCUT2D eigenvalue weighted by Crippen LogP contribution is -2.21. The molecule has 0 fully saturated rings. The summed E-state index contributed by atoms with van der Waals surface area (Å²) in [6.07, 6.45) is 1.78. The van der Waals surface area contributed by atoms with Crippen LogP contribution >= 0.6 is 11.6 Å². The van der Waals surface area contributed by atoms with Crippen LogP contribution in [0.3, 0.4) is 0 Å². The number of anilines is 1. The van der Waals surface area contributed by atoms with Crippen molar-refractivity contribution in [2.75, 3.05) is 11.9 Å². The van der Waals surface area contributed by atoms with E-state index in [4.69, 9.17) is 16.3 Å². The first-order valence-electron chi connectivity index (χ1n) is 6.08. The second kappa shape index (κ2) is 5.02. The van der Waals surface area contributed by atoms with Crippen LogP contribution in [0.25, 0.3) is 6.08 Å². The van der Waals surface area contributed by atoms with Gasteiger partial charge in [0.05, 0.1) is 5.57 Å². The first kappa shape index (κ1) is 12.7. The summed E-state index contributed by atoms with van der Waals surface area (Å²) in [7, 11) is 0. The maximum Gasteiger partial charge on any atom is 0.256 e. The Labute approximate surface area is 120 Å². The number of fused-ring (bicyclic) bond motifs is 1. The third kappa shape index (κ3) is 2.53. The molecule has 0 unspecified atom stereocenters. The molecule has 0 radical (unpaired) electrons. The second-order valence-corrected chi connectivity index (χ2v) is 4.97. The number of rotatable bonds is 2. The molecule has 1 aliphatic heterocycles. The Kier molecular flexibility index (Phi) is 3.20. The fourth-order valence-electron chi connectivity index (χ4n) is 1.96. The topological polar surface area (TPSA) is 67.0 Å². The van der Waals surface area contributed by atoms with E-state index in [1.165, 1.54) is 0 Å². The molecule has 0 saturated carbocycles. The maximum absolute atomic E-state index is 12.1. The second-order valence-electron chi connectivity index (χ2n) is 4.53. The average Bonchev–Trinajstić information content (AvgIpc) is 2.83. The molecule has 1 aromatic heterocycles. The highest BCUT2D eigenvalue weighted by Gasteiger charge is 2.18. The Morgan fingerprint density at radius 3 is 3.05 bits per heavy atom. The lowest BCUT2D eigenvalue weighted by molar-refractivity contribution is -0.113. The van der Waals surface area contributed by atoms with Crippen LogP contribution in [0.1, 0.15) is 11.3 Å². The van der Waals surface area contributed by atoms with E-state index in [-0.39, 0.29) is 12.5 Å². The number of aromatic amines is 1. The lowest BCUT2D eigenvalue weighted by atomic mass is 10.1. The highest BCUT2D eigenvalue weighted by molar-refractivity contribution is 6.30. The summed E-state index contributed by atoms with van der Waals surface area (Å²) < 4.78 is 5.54. The fraction of sp³-hybridized carbons (Fsp3) is 0.143. The van der Waals surface area contributed by atoms with Gasteiger partial charge in [-0.1, -0.05) is 11.6 Å². The van der Waals surface area contributed by atoms with E-state index in [0.29, 0.717) is 16.4 Å². The molecule has 1 aliphatic rings. The quantitative estimate of drug-likeness (QED) is 0.893. The van der Waals surface area contributed by atoms with Crippen molar-refractivity contribution in [1.29, 1.82) is 0 Å². The van der Waals surface area contributed by atoms with Crippen molar-refractivity contribution in [2.24, 2.45) is 0 Å². The average molecular weight is 290 g/mol. The Bertz CT molecular complexity index is 706. The molecular weight excluding hydrogens is 278 g/mol. The predicted octanol–water partition coefficient (Wildman–Crippen LogP) is 2.79. The summed E-state index contributed by atoms with van der Waals surface area (Å²) in [6.45, 7) is 2.09. The summed E-state index contributed by atoms with van der Waals surface area (Å²) in [6, 6.07) is 7.07. The Balaban J connectivity index is 1.82. The number of H-pyrrole nitrogens is 1. The molecule has 2 aromatic rings. The number of hydrogen-bond acceptors (Lipinski definition) is 3. The summed E-state index contributed by atoms with van der Waals surface area (Å²) in [5, 5.41) is 10.1. The molecule has 3 rings (SSSR count). The summed E-state index contributed by atoms with van der Waals surface area (Å²) in [5.74, 6) is 0.981. The number of carbonyl (C=O) groups excluding carboxylic acids is 1. The molecule has 2 heterocycles. The highest BCUT2D eigenvalue weighted by atomic mass is 35.5. The number of aryl methyl sites for hydroxylation is 1. The minimum atomic E-state index is -0.234. The van der Waals surface area contributed by atoms with E-state index in [1.54, 1.807) is 30.3 Å². The van der Waals surface area contributed by atoms with Gasteiger partial charge in [-0.25, -0.2) is 0 Å². The molecule has 0 aliphatic carbocycles. The lowest BCUT2D eigenvalue weighted by Gasteiger charge is -2.17. The van der Waals surface area contributed by atoms with Gasteiger partial charge in [0.2, 0.25) is 0 Å². The van der Waals surface area contributed by atoms with Gasteiger partial charge in [0, 0.05) is 22.3 Å². The van der Waals surface area contributed by atoms with Gasteiger partial charge in [-0.2, -0.15) is 5.10 Å². The third-order valence-electron chi connectivity index (χ3n) is 2.92. The van der Waals surface area contributed by atoms with Crippen molar-refractivity contribution in [3.8, 4) is 5.75 Å². The molecule has 20 heavy (non-hydrogen) atoms. The molecule has 0 bridgehead atoms. The van der Waals surface area contributed by atoms with Gasteiger partial charge in [0.15, 0.2) is 5.82 Å². The van der Waals surface area contributed by atoms with Gasteiger partial charge in [-0.15, -0.1) is 0 Å². The number of ether oxygens (including phenoxy) is 1. The predicted molar refractivity (Wildman–Crippen MR) is 76.9 cm³/mol. The maximum atomic E-state index is 12.1. The van der Waals surface area contributed by atoms with Crippen molar-refractivity contribution in [3.05, 3.63) is 46.1 Å². The Hall–Kier alpha value is -2.27. The van der Waals surface area contributed by atoms with Crippen LogP contribution in [0.5, 0.6) is 5.75 Å². The molecular formula is C14H12ClN3O2. The number of nitrogens with one attached hydrogen (secondary N) is 2. The third-order valence-corrected chi connectivity index (χ3v) is 3.16. The molecule has 5 nitrogen and oxygen atoms in total. The fourth-order valence-corrected chi connectivity index (χ4v) is 2.14. The van der Waals surface area contributed by atoms with Crippen molar-refractivity contribution in [1.82, 2.24) is 10.2 Å². The van der Waals surface area contributed by atoms with Crippen LogP contribution in [0, 0.1) is 6.92 Å². The molecule has 0 spiro atoms. The summed E-state index contributed by atoms with van der Waals surface area (Å²) in [4.78, 5) is 12.1. The van der Waals surface area contributed by atoms with Crippen molar-refractivity contribution in [3.63, 3.8) is 0 Å². The minimum absolute atomic E-state index is 0.226. The molecule has 6 heteroatoms. The van der Waals surface area contributed by atoms with E-state index in [2.05, 4.69) is 15.5 Å². The van der Waals surface area contributed by atoms with E-state index in [1.807, 2.05) is 6.92 Å². The number of benzene rings is 1. The largest absolute Gasteiger partial charge is 0.488 e. The smallest absolute Gasteiger partial charge is 0.256 e. The van der Waals surface area contributed by atoms with Crippen LogP contribution < -0.4 is 10.1 Å². The first-order valence-corrected chi connectivity index (χ1v) is 6.46. The first-order chi connectivity index (χ1) is 9.61. The van der Waals surface area contributed by atoms with Crippen LogP contribution in [-0.4, -0.2) is 22.7 Å². The SMILES string of the molecule is Cc1cc(NC(=O)C2=Cc3cc(Cl)ccc3OC2)n[nH]1. The van der Waals surface area contributed by atoms with Gasteiger partial charge in [0.1, 0.15) is 12.4 Å². The van der Waals surface area contributed by atoms with Gasteiger partial charge in [-0.3, -0.25) is 9.89 Å². The monoisotopic (exact) mass is 289 g/mol. The van der Waals surface area contributed by atoms with Gasteiger partial charge >= 0.3 is 0 Å². The number of halogens is 1. The number of amides is 1. The molecule has 102 valence electrons. The van der Waals surface area contributed by atoms with Crippen molar-refractivity contribution >= 4 is 29.4 Å². The molecule has 0 atom stereocenters. The van der Waals surface area contributed by atoms with Crippen molar-refractivity contribution < 1.29 is 9.53 Å². The van der Waals surface area contributed by atoms with E-state index >= 15 is 0 Å². The van der Waals surface area contributed by atoms with Crippen LogP contribution in [-0.2, 0) is 4.79 Å². The molecule has 2 N–H and O–H groups in total. The number of hydrogen-bond donors (Lipinski definition) is 2. The van der Waals surface area contributed by atoms with Gasteiger partial charge in [-0.05, 0) is 31.2 Å². The normalized spacial score (nSPS) is 13.2. The number of aromatic nitrogens is 2. The van der Waals surface area contributed by atoms with Crippen molar-refractivity contribution in [2.45, 2.75) is 6.92 Å². The zero-order valence-electron chi connectivity index (χ0n) is 10.7. The molecule has 1 amide bonds. The highest BCUT2D eigenvalue weighted by Crippen LogP contribution is 2.29. The van der Waals surface area contributed by atoms with Crippen LogP contribution in [0.15, 0.2) is 29.8 Å². The summed E-state index contributed by atoms with van der Waals surface area (Å²) >= 11 is 5.94. The zero-order chi connectivity index (χ0) is 14.1. The Morgan fingerprint density at radius 2 is 2.30 bits per heavy atom. The minimum Gasteiger partial charge on any atom is -0.488 e. The number of nitrogens with zero attached hydrogens (tertiary/aromatic N) is 1.